The van der Waals surface area contributed by atoms with Crippen LogP contribution in [0, 0.1) is 5.82 Å². The van der Waals surface area contributed by atoms with Crippen LogP contribution < -0.4 is 10.1 Å². The summed E-state index contributed by atoms with van der Waals surface area (Å²) in [5, 5.41) is 3.29. The van der Waals surface area contributed by atoms with E-state index in [1.54, 1.807) is 72.5 Å². The van der Waals surface area contributed by atoms with Gasteiger partial charge in [-0.15, -0.1) is 6.58 Å². The van der Waals surface area contributed by atoms with Crippen molar-refractivity contribution in [3.63, 3.8) is 0 Å². The van der Waals surface area contributed by atoms with Crippen molar-refractivity contribution in [2.45, 2.75) is 0 Å². The van der Waals surface area contributed by atoms with Gasteiger partial charge in [0.15, 0.2) is 0 Å². The number of hydrogen-bond acceptors (Lipinski definition) is 4. The number of aromatic nitrogens is 2. The summed E-state index contributed by atoms with van der Waals surface area (Å²) in [6.07, 6.45) is 3.29. The molecule has 37 heavy (non-hydrogen) atoms. The number of amides is 2. The number of nitrogens with one attached hydrogen (secondary N) is 1. The van der Waals surface area contributed by atoms with Crippen molar-refractivity contribution < 1.29 is 18.7 Å². The number of nitrogens with zero attached hydrogens (tertiary/aromatic N) is 3. The van der Waals surface area contributed by atoms with Gasteiger partial charge in [-0.25, -0.2) is 9.37 Å². The van der Waals surface area contributed by atoms with Crippen LogP contribution in [0.1, 0.15) is 10.4 Å². The van der Waals surface area contributed by atoms with Crippen LogP contribution in [0.15, 0.2) is 91.6 Å². The maximum Gasteiger partial charge on any atom is 0.254 e. The zero-order valence-electron chi connectivity index (χ0n) is 20.0. The monoisotopic (exact) mass is 518 g/mol. The molecule has 3 aromatic carbocycles. The third kappa shape index (κ3) is 6.23. The Labute approximate surface area is 218 Å². The zero-order chi connectivity index (χ0) is 26.4. The second-order valence-corrected chi connectivity index (χ2v) is 8.49. The number of methoxy groups -OCH3 is 1. The smallest absolute Gasteiger partial charge is 0.254 e. The highest BCUT2D eigenvalue weighted by molar-refractivity contribution is 6.30. The van der Waals surface area contributed by atoms with Crippen LogP contribution in [0.25, 0.3) is 16.9 Å². The first-order valence-electron chi connectivity index (χ1n) is 11.3. The maximum absolute atomic E-state index is 13.5. The SMILES string of the molecule is C=CCN(CC(=O)Nc1nc(-c2ccc(OC)cc2)cn1-c1ccc(F)cc1)C(=O)c1ccc(Cl)cc1. The molecule has 0 fully saturated rings. The van der Waals surface area contributed by atoms with Crippen LogP contribution in [0.3, 0.4) is 0 Å². The second kappa shape index (κ2) is 11.5. The third-order valence-electron chi connectivity index (χ3n) is 5.51. The van der Waals surface area contributed by atoms with Gasteiger partial charge in [0.05, 0.1) is 12.8 Å². The van der Waals surface area contributed by atoms with Crippen molar-refractivity contribution in [1.82, 2.24) is 14.5 Å². The van der Waals surface area contributed by atoms with E-state index in [9.17, 15) is 14.0 Å². The summed E-state index contributed by atoms with van der Waals surface area (Å²) in [7, 11) is 1.58. The largest absolute Gasteiger partial charge is 0.497 e. The van der Waals surface area contributed by atoms with Crippen molar-refractivity contribution in [3.05, 3.63) is 108 Å². The fraction of sp³-hybridized carbons (Fsp3) is 0.107. The predicted molar refractivity (Wildman–Crippen MR) is 142 cm³/mol. The molecular formula is C28H24ClFN4O3. The lowest BCUT2D eigenvalue weighted by molar-refractivity contribution is -0.116. The Kier molecular flexibility index (Phi) is 8.00. The topological polar surface area (TPSA) is 76.5 Å². The fourth-order valence-corrected chi connectivity index (χ4v) is 3.78. The summed E-state index contributed by atoms with van der Waals surface area (Å²) < 4.78 is 20.4. The van der Waals surface area contributed by atoms with Crippen LogP contribution in [-0.4, -0.2) is 46.5 Å². The molecule has 4 aromatic rings. The summed E-state index contributed by atoms with van der Waals surface area (Å²) in [6.45, 7) is 3.62. The average Bonchev–Trinajstić information content (AvgIpc) is 3.32. The van der Waals surface area contributed by atoms with E-state index in [-0.39, 0.29) is 30.8 Å². The van der Waals surface area contributed by atoms with E-state index in [4.69, 9.17) is 16.3 Å². The molecule has 0 aliphatic carbocycles. The molecule has 7 nitrogen and oxygen atoms in total. The molecule has 0 unspecified atom stereocenters. The molecule has 0 saturated carbocycles. The molecule has 9 heteroatoms. The molecule has 0 aliphatic rings. The standard InChI is InChI=1S/C28H24ClFN4O3/c1-3-16-33(27(36)20-4-8-21(29)9-5-20)18-26(35)32-28-31-25(19-6-14-24(37-2)15-7-19)17-34(28)23-12-10-22(30)11-13-23/h3-15,17H,1,16,18H2,2H3,(H,31,32,35). The van der Waals surface area contributed by atoms with Crippen molar-refractivity contribution in [1.29, 1.82) is 0 Å². The Morgan fingerprint density at radius 3 is 2.38 bits per heavy atom. The highest BCUT2D eigenvalue weighted by Crippen LogP contribution is 2.26. The van der Waals surface area contributed by atoms with E-state index in [2.05, 4.69) is 16.9 Å². The molecule has 1 N–H and O–H groups in total. The number of benzene rings is 3. The number of rotatable bonds is 9. The highest BCUT2D eigenvalue weighted by atomic mass is 35.5. The first-order chi connectivity index (χ1) is 17.9. The van der Waals surface area contributed by atoms with Crippen molar-refractivity contribution in [2.75, 3.05) is 25.5 Å². The van der Waals surface area contributed by atoms with Gasteiger partial charge < -0.3 is 9.64 Å². The van der Waals surface area contributed by atoms with Crippen molar-refractivity contribution in [3.8, 4) is 22.7 Å². The summed E-state index contributed by atoms with van der Waals surface area (Å²) >= 11 is 5.93. The Balaban J connectivity index is 1.60. The second-order valence-electron chi connectivity index (χ2n) is 8.05. The van der Waals surface area contributed by atoms with Gasteiger partial charge >= 0.3 is 0 Å². The molecule has 0 aliphatic heterocycles. The number of halogens is 2. The van der Waals surface area contributed by atoms with Gasteiger partial charge in [0.25, 0.3) is 5.91 Å². The van der Waals surface area contributed by atoms with Gasteiger partial charge in [-0.1, -0.05) is 17.7 Å². The van der Waals surface area contributed by atoms with Gasteiger partial charge in [-0.3, -0.25) is 19.5 Å². The van der Waals surface area contributed by atoms with E-state index in [1.165, 1.54) is 17.0 Å². The molecule has 4 rings (SSSR count). The quantitative estimate of drug-likeness (QED) is 0.292. The predicted octanol–water partition coefficient (Wildman–Crippen LogP) is 5.61. The van der Waals surface area contributed by atoms with E-state index < -0.39 is 5.91 Å². The molecule has 2 amide bonds. The lowest BCUT2D eigenvalue weighted by Crippen LogP contribution is -2.38. The molecule has 0 saturated heterocycles. The molecular weight excluding hydrogens is 495 g/mol. The van der Waals surface area contributed by atoms with Crippen molar-refractivity contribution in [2.24, 2.45) is 0 Å². The minimum atomic E-state index is -0.459. The molecule has 0 bridgehead atoms. The number of hydrogen-bond donors (Lipinski definition) is 1. The summed E-state index contributed by atoms with van der Waals surface area (Å²) in [4.78, 5) is 32.0. The molecule has 188 valence electrons. The van der Waals surface area contributed by atoms with Crippen LogP contribution in [0.4, 0.5) is 10.3 Å². The van der Waals surface area contributed by atoms with Gasteiger partial charge in [0.1, 0.15) is 18.1 Å². The van der Waals surface area contributed by atoms with Crippen LogP contribution in [0.5, 0.6) is 5.75 Å². The summed E-state index contributed by atoms with van der Waals surface area (Å²) in [6, 6.07) is 19.5. The number of imidazole rings is 1. The normalized spacial score (nSPS) is 10.6. The minimum Gasteiger partial charge on any atom is -0.497 e. The van der Waals surface area contributed by atoms with Crippen LogP contribution in [0.2, 0.25) is 5.02 Å². The van der Waals surface area contributed by atoms with Gasteiger partial charge in [-0.05, 0) is 72.8 Å². The third-order valence-corrected chi connectivity index (χ3v) is 5.76. The Bertz CT molecular complexity index is 1400. The van der Waals surface area contributed by atoms with Gasteiger partial charge in [-0.2, -0.15) is 0 Å². The highest BCUT2D eigenvalue weighted by Gasteiger charge is 2.20. The van der Waals surface area contributed by atoms with Gasteiger partial charge in [0, 0.05) is 34.6 Å². The summed E-state index contributed by atoms with van der Waals surface area (Å²) in [5.74, 6) is -0.264. The molecule has 0 spiro atoms. The minimum absolute atomic E-state index is 0.165. The Hall–Kier alpha value is -4.43. The first-order valence-corrected chi connectivity index (χ1v) is 11.7. The van der Waals surface area contributed by atoms with E-state index >= 15 is 0 Å². The van der Waals surface area contributed by atoms with Crippen molar-refractivity contribution >= 4 is 29.4 Å². The van der Waals surface area contributed by atoms with Gasteiger partial charge in [0.2, 0.25) is 11.9 Å². The lowest BCUT2D eigenvalue weighted by atomic mass is 10.1. The number of anilines is 1. The zero-order valence-corrected chi connectivity index (χ0v) is 20.8. The molecule has 0 atom stereocenters. The molecule has 0 radical (unpaired) electrons. The maximum atomic E-state index is 13.5. The van der Waals surface area contributed by atoms with Crippen LogP contribution in [-0.2, 0) is 4.79 Å². The Morgan fingerprint density at radius 1 is 1.08 bits per heavy atom. The van der Waals surface area contributed by atoms with E-state index in [1.807, 2.05) is 12.1 Å². The number of carbonyl (C=O) groups excluding carboxylic acids is 2. The first kappa shape index (κ1) is 25.7. The van der Waals surface area contributed by atoms with Crippen LogP contribution >= 0.6 is 11.6 Å². The number of ether oxygens (including phenoxy) is 1. The summed E-state index contributed by atoms with van der Waals surface area (Å²) in [5.41, 5.74) is 2.38. The van der Waals surface area contributed by atoms with E-state index in [0.717, 1.165) is 5.56 Å². The molecule has 1 heterocycles. The Morgan fingerprint density at radius 2 is 1.76 bits per heavy atom. The lowest BCUT2D eigenvalue weighted by Gasteiger charge is -2.20. The number of carbonyl (C=O) groups is 2. The fourth-order valence-electron chi connectivity index (χ4n) is 3.66. The molecule has 1 aromatic heterocycles. The average molecular weight is 519 g/mol. The van der Waals surface area contributed by atoms with E-state index in [0.29, 0.717) is 27.7 Å².